The van der Waals surface area contributed by atoms with Crippen molar-refractivity contribution in [1.82, 2.24) is 0 Å². The average Bonchev–Trinajstić information content (AvgIpc) is 2.61. The standard InChI is InChI=1S/C11H13F/c1-8-4-3-5-10(6-8)11(12)7-9(11)2/h3-6,9H,7H2,1-2H3. The highest BCUT2D eigenvalue weighted by Crippen LogP contribution is 2.55. The van der Waals surface area contributed by atoms with Gasteiger partial charge >= 0.3 is 0 Å². The molecule has 0 spiro atoms. The van der Waals surface area contributed by atoms with Crippen molar-refractivity contribution < 1.29 is 4.39 Å². The molecule has 0 aromatic heterocycles. The van der Waals surface area contributed by atoms with E-state index in [1.54, 1.807) is 0 Å². The monoisotopic (exact) mass is 164 g/mol. The molecule has 1 aromatic carbocycles. The summed E-state index contributed by atoms with van der Waals surface area (Å²) in [5, 5.41) is 0. The van der Waals surface area contributed by atoms with E-state index in [-0.39, 0.29) is 5.92 Å². The molecule has 1 heteroatoms. The predicted molar refractivity (Wildman–Crippen MR) is 47.7 cm³/mol. The number of halogens is 1. The number of rotatable bonds is 1. The highest BCUT2D eigenvalue weighted by Gasteiger charge is 2.53. The molecule has 0 N–H and O–H groups in total. The second-order valence-corrected chi connectivity index (χ2v) is 3.84. The van der Waals surface area contributed by atoms with Gasteiger partial charge in [-0.2, -0.15) is 0 Å². The fourth-order valence-corrected chi connectivity index (χ4v) is 1.69. The topological polar surface area (TPSA) is 0 Å². The molecule has 2 unspecified atom stereocenters. The molecular formula is C11H13F. The smallest absolute Gasteiger partial charge is 0.139 e. The van der Waals surface area contributed by atoms with Crippen LogP contribution >= 0.6 is 0 Å². The molecule has 0 saturated heterocycles. The lowest BCUT2D eigenvalue weighted by Crippen LogP contribution is -2.00. The van der Waals surface area contributed by atoms with Crippen LogP contribution in [0.25, 0.3) is 0 Å². The van der Waals surface area contributed by atoms with Crippen molar-refractivity contribution >= 4 is 0 Å². The van der Waals surface area contributed by atoms with Crippen LogP contribution in [-0.2, 0) is 5.67 Å². The highest BCUT2D eigenvalue weighted by molar-refractivity contribution is 5.32. The maximum Gasteiger partial charge on any atom is 0.139 e. The first-order valence-electron chi connectivity index (χ1n) is 4.39. The quantitative estimate of drug-likeness (QED) is 0.598. The molecule has 1 aromatic rings. The second kappa shape index (κ2) is 2.32. The van der Waals surface area contributed by atoms with Gasteiger partial charge < -0.3 is 0 Å². The van der Waals surface area contributed by atoms with Crippen LogP contribution in [0, 0.1) is 12.8 Å². The van der Waals surface area contributed by atoms with E-state index in [9.17, 15) is 4.39 Å². The molecule has 64 valence electrons. The number of aryl methyl sites for hydroxylation is 1. The van der Waals surface area contributed by atoms with Gasteiger partial charge in [0.05, 0.1) is 0 Å². The van der Waals surface area contributed by atoms with Crippen LogP contribution in [0.5, 0.6) is 0 Å². The van der Waals surface area contributed by atoms with Gasteiger partial charge in [0.2, 0.25) is 0 Å². The third kappa shape index (κ3) is 1.04. The molecule has 0 nitrogen and oxygen atoms in total. The lowest BCUT2D eigenvalue weighted by atomic mass is 10.1. The molecule has 2 atom stereocenters. The fraction of sp³-hybridized carbons (Fsp3) is 0.455. The summed E-state index contributed by atoms with van der Waals surface area (Å²) < 4.78 is 13.8. The summed E-state index contributed by atoms with van der Waals surface area (Å²) >= 11 is 0. The van der Waals surface area contributed by atoms with Gasteiger partial charge in [-0.15, -0.1) is 0 Å². The van der Waals surface area contributed by atoms with Gasteiger partial charge in [0.25, 0.3) is 0 Å². The first-order valence-corrected chi connectivity index (χ1v) is 4.39. The van der Waals surface area contributed by atoms with E-state index >= 15 is 0 Å². The normalized spacial score (nSPS) is 33.4. The Kier molecular flexibility index (Phi) is 1.50. The lowest BCUT2D eigenvalue weighted by Gasteiger charge is -2.06. The fourth-order valence-electron chi connectivity index (χ4n) is 1.69. The molecule has 2 rings (SSSR count). The molecule has 1 fully saturated rings. The van der Waals surface area contributed by atoms with Crippen LogP contribution in [-0.4, -0.2) is 0 Å². The average molecular weight is 164 g/mol. The molecule has 0 amide bonds. The molecule has 1 saturated carbocycles. The van der Waals surface area contributed by atoms with Crippen molar-refractivity contribution in [1.29, 1.82) is 0 Å². The van der Waals surface area contributed by atoms with Crippen molar-refractivity contribution in [3.8, 4) is 0 Å². The number of hydrogen-bond donors (Lipinski definition) is 0. The van der Waals surface area contributed by atoms with Crippen LogP contribution in [0.3, 0.4) is 0 Å². The molecule has 0 radical (unpaired) electrons. The van der Waals surface area contributed by atoms with Crippen molar-refractivity contribution in [3.05, 3.63) is 35.4 Å². The molecule has 12 heavy (non-hydrogen) atoms. The lowest BCUT2D eigenvalue weighted by molar-refractivity contribution is 0.292. The zero-order chi connectivity index (χ0) is 8.77. The van der Waals surface area contributed by atoms with Crippen LogP contribution in [0.1, 0.15) is 24.5 Å². The van der Waals surface area contributed by atoms with Crippen molar-refractivity contribution in [2.24, 2.45) is 5.92 Å². The molecular weight excluding hydrogens is 151 g/mol. The first kappa shape index (κ1) is 7.78. The van der Waals surface area contributed by atoms with E-state index in [1.807, 2.05) is 38.1 Å². The third-order valence-electron chi connectivity index (χ3n) is 2.72. The Balaban J connectivity index is 2.36. The van der Waals surface area contributed by atoms with E-state index in [0.29, 0.717) is 6.42 Å². The van der Waals surface area contributed by atoms with E-state index < -0.39 is 5.67 Å². The molecule has 0 aliphatic heterocycles. The minimum absolute atomic E-state index is 0.208. The maximum atomic E-state index is 13.8. The van der Waals surface area contributed by atoms with Crippen molar-refractivity contribution in [2.45, 2.75) is 25.9 Å². The maximum absolute atomic E-state index is 13.8. The zero-order valence-electron chi connectivity index (χ0n) is 7.47. The van der Waals surface area contributed by atoms with E-state index in [4.69, 9.17) is 0 Å². The van der Waals surface area contributed by atoms with E-state index in [0.717, 1.165) is 11.1 Å². The predicted octanol–water partition coefficient (Wildman–Crippen LogP) is 3.20. The number of alkyl halides is 1. The Morgan fingerprint density at radius 3 is 2.67 bits per heavy atom. The van der Waals surface area contributed by atoms with Gasteiger partial charge in [-0.3, -0.25) is 0 Å². The van der Waals surface area contributed by atoms with Crippen LogP contribution in [0.15, 0.2) is 24.3 Å². The summed E-state index contributed by atoms with van der Waals surface area (Å²) in [7, 11) is 0. The minimum Gasteiger partial charge on any atom is -0.238 e. The summed E-state index contributed by atoms with van der Waals surface area (Å²) in [6.07, 6.45) is 0.691. The van der Waals surface area contributed by atoms with E-state index in [1.165, 1.54) is 0 Å². The summed E-state index contributed by atoms with van der Waals surface area (Å²) in [4.78, 5) is 0. The van der Waals surface area contributed by atoms with Crippen LogP contribution in [0.2, 0.25) is 0 Å². The van der Waals surface area contributed by atoms with Gasteiger partial charge in [-0.1, -0.05) is 36.8 Å². The largest absolute Gasteiger partial charge is 0.238 e. The van der Waals surface area contributed by atoms with Gasteiger partial charge in [-0.25, -0.2) is 4.39 Å². The van der Waals surface area contributed by atoms with E-state index in [2.05, 4.69) is 0 Å². The van der Waals surface area contributed by atoms with Gasteiger partial charge in [0.15, 0.2) is 0 Å². The van der Waals surface area contributed by atoms with Crippen LogP contribution < -0.4 is 0 Å². The third-order valence-corrected chi connectivity index (χ3v) is 2.72. The summed E-state index contributed by atoms with van der Waals surface area (Å²) in [5.74, 6) is 0.208. The highest BCUT2D eigenvalue weighted by atomic mass is 19.1. The Morgan fingerprint density at radius 2 is 2.17 bits per heavy atom. The van der Waals surface area contributed by atoms with Crippen molar-refractivity contribution in [2.75, 3.05) is 0 Å². The molecule has 1 aliphatic rings. The van der Waals surface area contributed by atoms with Gasteiger partial charge in [0, 0.05) is 0 Å². The van der Waals surface area contributed by atoms with Gasteiger partial charge in [0.1, 0.15) is 5.67 Å². The zero-order valence-corrected chi connectivity index (χ0v) is 7.47. The number of benzene rings is 1. The summed E-state index contributed by atoms with van der Waals surface area (Å²) in [5.41, 5.74) is 0.991. The Morgan fingerprint density at radius 1 is 1.50 bits per heavy atom. The Labute approximate surface area is 72.4 Å². The minimum atomic E-state index is -1.01. The first-order chi connectivity index (χ1) is 5.63. The van der Waals surface area contributed by atoms with Gasteiger partial charge in [-0.05, 0) is 24.8 Å². The summed E-state index contributed by atoms with van der Waals surface area (Å²) in [6.45, 7) is 3.96. The second-order valence-electron chi connectivity index (χ2n) is 3.84. The molecule has 1 aliphatic carbocycles. The molecule has 0 heterocycles. The van der Waals surface area contributed by atoms with Crippen LogP contribution in [0.4, 0.5) is 4.39 Å². The number of hydrogen-bond acceptors (Lipinski definition) is 0. The molecule has 0 bridgehead atoms. The SMILES string of the molecule is Cc1cccc(C2(F)CC2C)c1. The Bertz CT molecular complexity index is 306. The van der Waals surface area contributed by atoms with Crippen molar-refractivity contribution in [3.63, 3.8) is 0 Å². The summed E-state index contributed by atoms with van der Waals surface area (Å²) in [6, 6.07) is 7.76. The Hall–Kier alpha value is -0.850.